The average molecular weight is 480 g/mol. The van der Waals surface area contributed by atoms with Crippen molar-refractivity contribution in [1.82, 2.24) is 4.57 Å². The molecule has 0 spiro atoms. The number of methoxy groups -OCH3 is 2. The highest BCUT2D eigenvalue weighted by atomic mass is 19.1. The molecule has 1 amide bonds. The molecular weight excluding hydrogens is 458 g/mol. The Bertz CT molecular complexity index is 1480. The number of halogens is 2. The fraction of sp³-hybridized carbons (Fsp3) is 0.154. The van der Waals surface area contributed by atoms with Crippen LogP contribution in [-0.2, 0) is 0 Å². The molecule has 0 saturated carbocycles. The first-order chi connectivity index (χ1) is 16.7. The normalized spacial score (nSPS) is 10.9. The van der Waals surface area contributed by atoms with Gasteiger partial charge in [0.15, 0.2) is 0 Å². The smallest absolute Gasteiger partial charge is 0.263 e. The van der Waals surface area contributed by atoms with Gasteiger partial charge >= 0.3 is 0 Å². The maximum Gasteiger partial charge on any atom is 0.263 e. The van der Waals surface area contributed by atoms with Crippen LogP contribution in [-0.4, -0.2) is 36.3 Å². The van der Waals surface area contributed by atoms with Crippen LogP contribution in [0.25, 0.3) is 16.6 Å². The van der Waals surface area contributed by atoms with E-state index in [4.69, 9.17) is 9.47 Å². The van der Waals surface area contributed by atoms with E-state index in [2.05, 4.69) is 0 Å². The molecule has 1 heterocycles. The number of phenolic OH excluding ortho intramolecular Hbond substituents is 1. The van der Waals surface area contributed by atoms with Crippen LogP contribution in [0.3, 0.4) is 0 Å². The van der Waals surface area contributed by atoms with E-state index >= 15 is 0 Å². The van der Waals surface area contributed by atoms with Gasteiger partial charge in [0.2, 0.25) is 5.43 Å². The molecule has 7 nitrogen and oxygen atoms in total. The number of nitrogens with zero attached hydrogens (tertiary/aromatic N) is 2. The van der Waals surface area contributed by atoms with Crippen molar-refractivity contribution in [1.29, 1.82) is 0 Å². The van der Waals surface area contributed by atoms with Gasteiger partial charge in [-0.3, -0.25) is 9.59 Å². The van der Waals surface area contributed by atoms with Crippen molar-refractivity contribution >= 4 is 22.5 Å². The molecule has 1 N–H and O–H groups in total. The topological polar surface area (TPSA) is 81.0 Å². The number of hydrogen-bond donors (Lipinski definition) is 1. The Hall–Kier alpha value is -4.40. The summed E-state index contributed by atoms with van der Waals surface area (Å²) in [5, 5.41) is 10.4. The van der Waals surface area contributed by atoms with Crippen molar-refractivity contribution in [2.75, 3.05) is 25.7 Å². The third-order valence-corrected chi connectivity index (χ3v) is 5.55. The van der Waals surface area contributed by atoms with Crippen LogP contribution in [0.5, 0.6) is 17.2 Å². The molecule has 0 saturated heterocycles. The number of carbonyl (C=O) groups excluding carboxylic acids is 1. The summed E-state index contributed by atoms with van der Waals surface area (Å²) in [6, 6.07) is 12.0. The van der Waals surface area contributed by atoms with Gasteiger partial charge in [-0.05, 0) is 31.2 Å². The van der Waals surface area contributed by atoms with Crippen LogP contribution in [0.15, 0.2) is 65.6 Å². The number of aromatic hydroxyl groups is 1. The number of amides is 1. The predicted molar refractivity (Wildman–Crippen MR) is 128 cm³/mol. The first kappa shape index (κ1) is 23.7. The summed E-state index contributed by atoms with van der Waals surface area (Å²) in [5.74, 6) is -1.69. The van der Waals surface area contributed by atoms with Crippen molar-refractivity contribution in [3.05, 3.63) is 88.2 Å². The maximum absolute atomic E-state index is 13.9. The Morgan fingerprint density at radius 2 is 1.66 bits per heavy atom. The highest BCUT2D eigenvalue weighted by Crippen LogP contribution is 2.29. The molecule has 0 radical (unpaired) electrons. The predicted octanol–water partition coefficient (Wildman–Crippen LogP) is 4.66. The third-order valence-electron chi connectivity index (χ3n) is 5.55. The number of carbonyl (C=O) groups is 1. The minimum atomic E-state index is -0.846. The minimum absolute atomic E-state index is 0.0187. The van der Waals surface area contributed by atoms with Gasteiger partial charge in [-0.1, -0.05) is 0 Å². The van der Waals surface area contributed by atoms with Crippen molar-refractivity contribution in [3.63, 3.8) is 0 Å². The molecule has 4 aromatic rings. The second-order valence-electron chi connectivity index (χ2n) is 7.69. The number of benzene rings is 3. The summed E-state index contributed by atoms with van der Waals surface area (Å²) in [5.41, 5.74) is 0.0186. The number of ether oxygens (including phenoxy) is 2. The van der Waals surface area contributed by atoms with Crippen LogP contribution in [0.2, 0.25) is 0 Å². The van der Waals surface area contributed by atoms with Gasteiger partial charge in [-0.15, -0.1) is 0 Å². The highest BCUT2D eigenvalue weighted by molar-refractivity contribution is 6.07. The van der Waals surface area contributed by atoms with E-state index < -0.39 is 23.0 Å². The zero-order chi connectivity index (χ0) is 25.3. The lowest BCUT2D eigenvalue weighted by Crippen LogP contribution is -2.35. The van der Waals surface area contributed by atoms with E-state index in [1.54, 1.807) is 29.7 Å². The second-order valence-corrected chi connectivity index (χ2v) is 7.69. The molecule has 0 aliphatic heterocycles. The average Bonchev–Trinajstić information content (AvgIpc) is 2.83. The lowest BCUT2D eigenvalue weighted by molar-refractivity contribution is 0.0987. The lowest BCUT2D eigenvalue weighted by Gasteiger charge is -2.22. The Morgan fingerprint density at radius 3 is 2.29 bits per heavy atom. The molecule has 0 aliphatic carbocycles. The number of aromatic nitrogens is 1. The molecule has 0 unspecified atom stereocenters. The van der Waals surface area contributed by atoms with E-state index in [1.807, 2.05) is 0 Å². The van der Waals surface area contributed by atoms with Crippen LogP contribution in [0.1, 0.15) is 17.3 Å². The fourth-order valence-corrected chi connectivity index (χ4v) is 3.91. The van der Waals surface area contributed by atoms with Gasteiger partial charge in [0.1, 0.15) is 34.4 Å². The maximum atomic E-state index is 13.9. The molecule has 0 atom stereocenters. The summed E-state index contributed by atoms with van der Waals surface area (Å²) < 4.78 is 39.8. The van der Waals surface area contributed by atoms with E-state index in [1.165, 1.54) is 38.6 Å². The quantitative estimate of drug-likeness (QED) is 0.434. The van der Waals surface area contributed by atoms with Gasteiger partial charge in [0, 0.05) is 54.1 Å². The van der Waals surface area contributed by atoms with Crippen LogP contribution in [0, 0.1) is 11.6 Å². The van der Waals surface area contributed by atoms with Crippen molar-refractivity contribution < 1.29 is 28.2 Å². The number of pyridine rings is 1. The number of rotatable bonds is 6. The first-order valence-electron chi connectivity index (χ1n) is 10.7. The summed E-state index contributed by atoms with van der Waals surface area (Å²) in [4.78, 5) is 28.1. The van der Waals surface area contributed by atoms with Gasteiger partial charge in [-0.2, -0.15) is 0 Å². The molecule has 3 aromatic carbocycles. The molecule has 0 fully saturated rings. The van der Waals surface area contributed by atoms with Crippen LogP contribution < -0.4 is 19.8 Å². The molecule has 35 heavy (non-hydrogen) atoms. The number of fused-ring (bicyclic) bond motifs is 1. The minimum Gasteiger partial charge on any atom is -0.508 e. The van der Waals surface area contributed by atoms with Gasteiger partial charge in [0.05, 0.1) is 25.4 Å². The zero-order valence-corrected chi connectivity index (χ0v) is 19.2. The lowest BCUT2D eigenvalue weighted by atomic mass is 10.1. The highest BCUT2D eigenvalue weighted by Gasteiger charge is 2.23. The summed E-state index contributed by atoms with van der Waals surface area (Å²) in [6.45, 7) is 1.69. The number of anilines is 1. The van der Waals surface area contributed by atoms with E-state index in [0.717, 1.165) is 17.0 Å². The van der Waals surface area contributed by atoms with E-state index in [0.29, 0.717) is 28.8 Å². The van der Waals surface area contributed by atoms with Gasteiger partial charge in [0.25, 0.3) is 5.91 Å². The van der Waals surface area contributed by atoms with Gasteiger partial charge < -0.3 is 24.0 Å². The number of hydrogen-bond acceptors (Lipinski definition) is 5. The van der Waals surface area contributed by atoms with Crippen molar-refractivity contribution in [3.8, 4) is 22.9 Å². The monoisotopic (exact) mass is 480 g/mol. The largest absolute Gasteiger partial charge is 0.508 e. The van der Waals surface area contributed by atoms with E-state index in [9.17, 15) is 23.5 Å². The molecule has 9 heteroatoms. The SMILES string of the molecule is CCN(C(=O)c1cn(-c2cc(O)cc(OC)c2)c2cc(OC)ccc2c1=O)c1cc(F)cc(F)c1. The van der Waals surface area contributed by atoms with Crippen molar-refractivity contribution in [2.45, 2.75) is 6.92 Å². The second kappa shape index (κ2) is 9.46. The first-order valence-corrected chi connectivity index (χ1v) is 10.7. The molecule has 180 valence electrons. The Morgan fingerprint density at radius 1 is 0.971 bits per heavy atom. The van der Waals surface area contributed by atoms with Crippen LogP contribution in [0.4, 0.5) is 14.5 Å². The number of phenols is 1. The molecule has 1 aromatic heterocycles. The Kier molecular flexibility index (Phi) is 6.42. The summed E-state index contributed by atoms with van der Waals surface area (Å²) >= 11 is 0. The van der Waals surface area contributed by atoms with Crippen LogP contribution >= 0.6 is 0 Å². The van der Waals surface area contributed by atoms with Crippen molar-refractivity contribution in [2.24, 2.45) is 0 Å². The standard InChI is InChI=1S/C26H22F2N2O5/c1-4-29(17-8-15(27)7-16(28)9-17)26(33)23-14-30(18-10-19(31)12-21(11-18)35-3)24-13-20(34-2)5-6-22(24)25(23)32/h5-14,31H,4H2,1-3H3. The fourth-order valence-electron chi connectivity index (χ4n) is 3.91. The zero-order valence-electron chi connectivity index (χ0n) is 19.2. The molecule has 4 rings (SSSR count). The molecular formula is C26H22F2N2O5. The molecule has 0 bridgehead atoms. The Labute approximate surface area is 199 Å². The van der Waals surface area contributed by atoms with Gasteiger partial charge in [-0.25, -0.2) is 8.78 Å². The summed E-state index contributed by atoms with van der Waals surface area (Å²) in [7, 11) is 2.92. The summed E-state index contributed by atoms with van der Waals surface area (Å²) in [6.07, 6.45) is 1.33. The van der Waals surface area contributed by atoms with E-state index in [-0.39, 0.29) is 28.9 Å². The third kappa shape index (κ3) is 4.52. The molecule has 0 aliphatic rings. The Balaban J connectivity index is 1.98.